The molecule has 0 bridgehead atoms. The number of rotatable bonds is 3. The molecular weight excluding hydrogens is 318 g/mol. The number of carbonyl (C=O) groups excluding carboxylic acids is 3. The maximum Gasteiger partial charge on any atom is 0.317 e. The van der Waals surface area contributed by atoms with Crippen molar-refractivity contribution >= 4 is 41.1 Å². The topological polar surface area (TPSA) is 143 Å². The minimum atomic E-state index is -0.810. The van der Waals surface area contributed by atoms with Crippen LogP contribution < -0.4 is 22.1 Å². The minimum Gasteiger partial charge on any atom is -0.365 e. The Hall–Kier alpha value is -2.94. The number of amides is 4. The van der Waals surface area contributed by atoms with Crippen molar-refractivity contribution in [2.24, 2.45) is 11.5 Å². The van der Waals surface area contributed by atoms with E-state index in [1.807, 2.05) is 12.1 Å². The van der Waals surface area contributed by atoms with E-state index in [0.717, 1.165) is 10.5 Å². The lowest BCUT2D eigenvalue weighted by molar-refractivity contribution is -0.113. The Labute approximate surface area is 135 Å². The van der Waals surface area contributed by atoms with Gasteiger partial charge in [0, 0.05) is 16.2 Å². The molecule has 23 heavy (non-hydrogen) atoms. The number of hydrogen-bond acceptors (Lipinski definition) is 4. The number of nitrogens with two attached hydrogens (primary N) is 2. The van der Waals surface area contributed by atoms with E-state index in [1.165, 1.54) is 17.8 Å². The molecule has 0 radical (unpaired) electrons. The first-order valence-corrected chi connectivity index (χ1v) is 7.59. The zero-order valence-electron chi connectivity index (χ0n) is 11.8. The summed E-state index contributed by atoms with van der Waals surface area (Å²) in [5.41, 5.74) is 12.5. The van der Waals surface area contributed by atoms with E-state index < -0.39 is 11.9 Å². The number of urea groups is 1. The molecule has 0 fully saturated rings. The molecule has 1 aromatic carbocycles. The predicted octanol–water partition coefficient (Wildman–Crippen LogP) is 1.32. The summed E-state index contributed by atoms with van der Waals surface area (Å²) in [6, 6.07) is 6.21. The predicted molar refractivity (Wildman–Crippen MR) is 87.3 cm³/mol. The van der Waals surface area contributed by atoms with Gasteiger partial charge in [-0.25, -0.2) is 4.79 Å². The van der Waals surface area contributed by atoms with E-state index in [9.17, 15) is 14.4 Å². The molecule has 0 spiro atoms. The van der Waals surface area contributed by atoms with E-state index in [1.54, 1.807) is 6.07 Å². The van der Waals surface area contributed by atoms with E-state index >= 15 is 0 Å². The highest BCUT2D eigenvalue weighted by Gasteiger charge is 2.18. The van der Waals surface area contributed by atoms with Crippen LogP contribution in [0.15, 0.2) is 29.2 Å². The van der Waals surface area contributed by atoms with Gasteiger partial charge in [-0.2, -0.15) is 0 Å². The fraction of sp³-hybridized carbons (Fsp3) is 0.0714. The zero-order chi connectivity index (χ0) is 16.6. The highest BCUT2D eigenvalue weighted by Crippen LogP contribution is 2.35. The third-order valence-electron chi connectivity index (χ3n) is 3.25. The maximum atomic E-state index is 11.5. The molecule has 0 saturated heterocycles. The molecule has 9 heteroatoms. The fourth-order valence-electron chi connectivity index (χ4n) is 2.28. The number of primary amides is 2. The average molecular weight is 331 g/mol. The van der Waals surface area contributed by atoms with Crippen LogP contribution >= 0.6 is 11.8 Å². The molecule has 1 aliphatic heterocycles. The second-order valence-corrected chi connectivity index (χ2v) is 5.89. The maximum absolute atomic E-state index is 11.5. The quantitative estimate of drug-likeness (QED) is 0.577. The Morgan fingerprint density at radius 2 is 2.00 bits per heavy atom. The summed E-state index contributed by atoms with van der Waals surface area (Å²) in [5, 5.41) is 5.11. The highest BCUT2D eigenvalue weighted by molar-refractivity contribution is 8.00. The van der Waals surface area contributed by atoms with E-state index in [0.29, 0.717) is 17.1 Å². The van der Waals surface area contributed by atoms with Crippen molar-refractivity contribution in [3.05, 3.63) is 29.8 Å². The molecule has 2 heterocycles. The number of hydrogen-bond donors (Lipinski definition) is 5. The first-order valence-electron chi connectivity index (χ1n) is 6.60. The molecule has 0 aliphatic carbocycles. The average Bonchev–Trinajstić information content (AvgIpc) is 2.89. The number of aromatic nitrogens is 1. The smallest absolute Gasteiger partial charge is 0.317 e. The van der Waals surface area contributed by atoms with E-state index in [4.69, 9.17) is 11.5 Å². The third-order valence-corrected chi connectivity index (χ3v) is 4.33. The first kappa shape index (κ1) is 15.0. The van der Waals surface area contributed by atoms with Gasteiger partial charge in [0.05, 0.1) is 17.0 Å². The Balaban J connectivity index is 2.01. The number of benzene rings is 1. The summed E-state index contributed by atoms with van der Waals surface area (Å²) in [7, 11) is 0. The monoisotopic (exact) mass is 331 g/mol. The van der Waals surface area contributed by atoms with Crippen molar-refractivity contribution in [1.29, 1.82) is 0 Å². The number of carbonyl (C=O) groups is 3. The fourth-order valence-corrected chi connectivity index (χ4v) is 3.07. The minimum absolute atomic E-state index is 0.0694. The van der Waals surface area contributed by atoms with Crippen LogP contribution in [0, 0.1) is 0 Å². The summed E-state index contributed by atoms with van der Waals surface area (Å²) in [6.07, 6.45) is 0. The molecule has 1 aliphatic rings. The van der Waals surface area contributed by atoms with Gasteiger partial charge >= 0.3 is 6.03 Å². The van der Waals surface area contributed by atoms with Gasteiger partial charge in [-0.05, 0) is 18.2 Å². The molecule has 118 valence electrons. The van der Waals surface area contributed by atoms with Gasteiger partial charge in [0.15, 0.2) is 0 Å². The Morgan fingerprint density at radius 1 is 1.22 bits per heavy atom. The lowest BCUT2D eigenvalue weighted by Crippen LogP contribution is -2.22. The van der Waals surface area contributed by atoms with Crippen molar-refractivity contribution in [3.8, 4) is 11.3 Å². The first-order chi connectivity index (χ1) is 10.9. The van der Waals surface area contributed by atoms with Crippen LogP contribution in [0.1, 0.15) is 10.4 Å². The van der Waals surface area contributed by atoms with Gasteiger partial charge in [-0.1, -0.05) is 6.07 Å². The Bertz CT molecular complexity index is 830. The van der Waals surface area contributed by atoms with Crippen LogP contribution in [-0.2, 0) is 4.79 Å². The van der Waals surface area contributed by atoms with E-state index in [-0.39, 0.29) is 17.3 Å². The largest absolute Gasteiger partial charge is 0.365 e. The van der Waals surface area contributed by atoms with Gasteiger partial charge < -0.3 is 21.8 Å². The lowest BCUT2D eigenvalue weighted by Gasteiger charge is -2.16. The highest BCUT2D eigenvalue weighted by atomic mass is 32.2. The van der Waals surface area contributed by atoms with Crippen molar-refractivity contribution in [2.75, 3.05) is 16.4 Å². The van der Waals surface area contributed by atoms with Gasteiger partial charge in [-0.3, -0.25) is 14.9 Å². The van der Waals surface area contributed by atoms with Crippen LogP contribution in [0.5, 0.6) is 0 Å². The van der Waals surface area contributed by atoms with Crippen LogP contribution in [0.4, 0.5) is 16.3 Å². The van der Waals surface area contributed by atoms with Crippen molar-refractivity contribution < 1.29 is 14.4 Å². The SMILES string of the molecule is NC(=O)Nc1[nH]c(-c2ccc3c(c2)NC(=O)CS3)cc1C(N)=O. The molecule has 4 amide bonds. The second kappa shape index (κ2) is 5.69. The standard InChI is InChI=1S/C14H13N5O3S/c15-12(21)7-4-8(18-13(7)19-14(16)22)6-1-2-10-9(3-6)17-11(20)5-23-10/h1-4,18H,5H2,(H2,15,21)(H,17,20)(H3,16,19,22). The molecule has 8 nitrogen and oxygen atoms in total. The molecule has 7 N–H and O–H groups in total. The second-order valence-electron chi connectivity index (χ2n) is 4.87. The molecule has 3 rings (SSSR count). The summed E-state index contributed by atoms with van der Waals surface area (Å²) in [4.78, 5) is 37.8. The van der Waals surface area contributed by atoms with Gasteiger partial charge in [0.25, 0.3) is 5.91 Å². The van der Waals surface area contributed by atoms with Crippen LogP contribution in [0.25, 0.3) is 11.3 Å². The van der Waals surface area contributed by atoms with Crippen LogP contribution in [0.2, 0.25) is 0 Å². The molecular formula is C14H13N5O3S. The summed E-state index contributed by atoms with van der Waals surface area (Å²) in [5.74, 6) is -0.248. The summed E-state index contributed by atoms with van der Waals surface area (Å²) in [6.45, 7) is 0. The number of anilines is 2. The number of fused-ring (bicyclic) bond motifs is 1. The zero-order valence-corrected chi connectivity index (χ0v) is 12.6. The molecule has 0 atom stereocenters. The Kier molecular flexibility index (Phi) is 3.70. The number of thioether (sulfide) groups is 1. The number of nitrogens with one attached hydrogen (secondary N) is 3. The van der Waals surface area contributed by atoms with Crippen molar-refractivity contribution in [1.82, 2.24) is 4.98 Å². The van der Waals surface area contributed by atoms with E-state index in [2.05, 4.69) is 15.6 Å². The molecule has 0 saturated carbocycles. The van der Waals surface area contributed by atoms with Gasteiger partial charge in [-0.15, -0.1) is 11.8 Å². The summed E-state index contributed by atoms with van der Waals surface area (Å²) >= 11 is 1.45. The van der Waals surface area contributed by atoms with Gasteiger partial charge in [0.2, 0.25) is 5.91 Å². The number of aromatic amines is 1. The van der Waals surface area contributed by atoms with Crippen LogP contribution in [-0.4, -0.2) is 28.6 Å². The summed E-state index contributed by atoms with van der Waals surface area (Å²) < 4.78 is 0. The third kappa shape index (κ3) is 2.99. The van der Waals surface area contributed by atoms with Gasteiger partial charge in [0.1, 0.15) is 5.82 Å². The van der Waals surface area contributed by atoms with Crippen molar-refractivity contribution in [3.63, 3.8) is 0 Å². The molecule has 0 unspecified atom stereocenters. The molecule has 1 aromatic heterocycles. The lowest BCUT2D eigenvalue weighted by atomic mass is 10.1. The van der Waals surface area contributed by atoms with Crippen LogP contribution in [0.3, 0.4) is 0 Å². The molecule has 2 aromatic rings. The Morgan fingerprint density at radius 3 is 2.70 bits per heavy atom. The van der Waals surface area contributed by atoms with Crippen molar-refractivity contribution in [2.45, 2.75) is 4.90 Å². The number of H-pyrrole nitrogens is 1. The normalized spacial score (nSPS) is 13.1.